The van der Waals surface area contributed by atoms with Crippen molar-refractivity contribution in [2.24, 2.45) is 0 Å². The lowest BCUT2D eigenvalue weighted by molar-refractivity contribution is 0.584. The lowest BCUT2D eigenvalue weighted by atomic mass is 10.2. The van der Waals surface area contributed by atoms with Crippen molar-refractivity contribution in [3.05, 3.63) is 102 Å². The molecule has 1 nitrogen and oxygen atoms in total. The molecule has 0 fully saturated rings. The van der Waals surface area contributed by atoms with E-state index >= 15 is 0 Å². The van der Waals surface area contributed by atoms with Crippen molar-refractivity contribution in [3.8, 4) is 0 Å². The van der Waals surface area contributed by atoms with E-state index in [1.165, 1.54) is 0 Å². The predicted octanol–water partition coefficient (Wildman–Crippen LogP) is 5.76. The summed E-state index contributed by atoms with van der Waals surface area (Å²) in [6, 6.07) is 27.2. The van der Waals surface area contributed by atoms with E-state index < -0.39 is 7.14 Å². The molecular weight excluding hydrogens is 347 g/mol. The van der Waals surface area contributed by atoms with E-state index in [9.17, 15) is 4.57 Å². The predicted molar refractivity (Wildman–Crippen MR) is 110 cm³/mol. The first-order chi connectivity index (χ1) is 12.1. The van der Waals surface area contributed by atoms with E-state index in [4.69, 9.17) is 11.6 Å². The highest BCUT2D eigenvalue weighted by Gasteiger charge is 2.31. The fraction of sp³-hybridized carbons (Fsp3) is 0.0909. The van der Waals surface area contributed by atoms with Gasteiger partial charge in [-0.15, -0.1) is 0 Å². The van der Waals surface area contributed by atoms with Gasteiger partial charge in [0.15, 0.2) is 0 Å². The van der Waals surface area contributed by atoms with E-state index in [0.29, 0.717) is 5.02 Å². The number of rotatable bonds is 5. The molecule has 0 aliphatic heterocycles. The van der Waals surface area contributed by atoms with Gasteiger partial charge in [-0.05, 0) is 17.7 Å². The second-order valence-electron chi connectivity index (χ2n) is 5.98. The number of halogens is 1. The Morgan fingerprint density at radius 3 is 1.76 bits per heavy atom. The van der Waals surface area contributed by atoms with Crippen molar-refractivity contribution in [1.82, 2.24) is 0 Å². The fourth-order valence-electron chi connectivity index (χ4n) is 2.86. The Bertz CT molecular complexity index is 843. The zero-order valence-electron chi connectivity index (χ0n) is 14.0. The van der Waals surface area contributed by atoms with Crippen LogP contribution in [0.2, 0.25) is 5.02 Å². The van der Waals surface area contributed by atoms with Crippen molar-refractivity contribution >= 4 is 35.4 Å². The Kier molecular flexibility index (Phi) is 5.58. The lowest BCUT2D eigenvalue weighted by Crippen LogP contribution is -2.22. The molecule has 0 N–H and O–H groups in total. The van der Waals surface area contributed by atoms with Gasteiger partial charge in [0.25, 0.3) is 0 Å². The standard InChI is InChI=1S/C22H20ClOP/c1-18(12-13-19-14-16-20(23)17-15-19)25(24,21-8-4-2-5-9-21)22-10-6-3-7-11-22/h2-18H,1H3/b13-12+. The summed E-state index contributed by atoms with van der Waals surface area (Å²) in [4.78, 5) is 0. The highest BCUT2D eigenvalue weighted by Crippen LogP contribution is 2.49. The molecule has 1 unspecified atom stereocenters. The van der Waals surface area contributed by atoms with Gasteiger partial charge in [-0.3, -0.25) is 0 Å². The molecule has 0 aromatic heterocycles. The maximum atomic E-state index is 14.1. The molecule has 1 atom stereocenters. The Balaban J connectivity index is 2.00. The molecule has 0 aliphatic carbocycles. The van der Waals surface area contributed by atoms with E-state index in [2.05, 4.69) is 0 Å². The summed E-state index contributed by atoms with van der Waals surface area (Å²) in [6.45, 7) is 2.02. The van der Waals surface area contributed by atoms with Gasteiger partial charge in [-0.2, -0.15) is 0 Å². The van der Waals surface area contributed by atoms with Crippen LogP contribution in [-0.4, -0.2) is 5.66 Å². The van der Waals surface area contributed by atoms with E-state index in [1.807, 2.05) is 104 Å². The molecule has 0 saturated carbocycles. The summed E-state index contributed by atoms with van der Waals surface area (Å²) >= 11 is 5.94. The highest BCUT2D eigenvalue weighted by atomic mass is 35.5. The second-order valence-corrected chi connectivity index (χ2v) is 9.58. The van der Waals surface area contributed by atoms with Gasteiger partial charge in [0.05, 0.1) is 0 Å². The second kappa shape index (κ2) is 7.87. The molecule has 0 aliphatic rings. The van der Waals surface area contributed by atoms with Crippen LogP contribution in [0.5, 0.6) is 0 Å². The number of hydrogen-bond acceptors (Lipinski definition) is 1. The average Bonchev–Trinajstić information content (AvgIpc) is 2.68. The highest BCUT2D eigenvalue weighted by molar-refractivity contribution is 7.79. The molecular formula is C22H20ClOP. The molecule has 0 radical (unpaired) electrons. The van der Waals surface area contributed by atoms with Crippen LogP contribution in [0.25, 0.3) is 6.08 Å². The normalized spacial score (nSPS) is 13.0. The topological polar surface area (TPSA) is 17.1 Å². The third kappa shape index (κ3) is 3.95. The van der Waals surface area contributed by atoms with Gasteiger partial charge in [-0.25, -0.2) is 0 Å². The van der Waals surface area contributed by atoms with Gasteiger partial charge >= 0.3 is 0 Å². The molecule has 0 heterocycles. The van der Waals surface area contributed by atoms with Crippen LogP contribution in [0.4, 0.5) is 0 Å². The quantitative estimate of drug-likeness (QED) is 0.525. The van der Waals surface area contributed by atoms with Gasteiger partial charge in [0, 0.05) is 21.3 Å². The maximum Gasteiger partial charge on any atom is 0.149 e. The van der Waals surface area contributed by atoms with Crippen LogP contribution in [0, 0.1) is 0 Å². The van der Waals surface area contributed by atoms with Crippen LogP contribution >= 0.6 is 18.7 Å². The van der Waals surface area contributed by atoms with Gasteiger partial charge in [-0.1, -0.05) is 103 Å². The minimum atomic E-state index is -2.77. The third-order valence-corrected chi connectivity index (χ3v) is 7.99. The van der Waals surface area contributed by atoms with Crippen molar-refractivity contribution in [2.45, 2.75) is 12.6 Å². The maximum absolute atomic E-state index is 14.1. The Hall–Kier alpha value is -2.08. The molecule has 3 heteroatoms. The molecule has 0 saturated heterocycles. The number of allylic oxidation sites excluding steroid dienone is 1. The molecule has 0 spiro atoms. The summed E-state index contributed by atoms with van der Waals surface area (Å²) in [5.41, 5.74) is 0.928. The summed E-state index contributed by atoms with van der Waals surface area (Å²) in [5.74, 6) is 0. The molecule has 126 valence electrons. The van der Waals surface area contributed by atoms with Crippen LogP contribution in [0.1, 0.15) is 12.5 Å². The van der Waals surface area contributed by atoms with E-state index in [-0.39, 0.29) is 5.66 Å². The number of benzene rings is 3. The minimum Gasteiger partial charge on any atom is -0.313 e. The van der Waals surface area contributed by atoms with Crippen LogP contribution < -0.4 is 10.6 Å². The summed E-state index contributed by atoms with van der Waals surface area (Å²) in [5, 5.41) is 2.48. The first-order valence-corrected chi connectivity index (χ1v) is 10.4. The lowest BCUT2D eigenvalue weighted by Gasteiger charge is -2.24. The Morgan fingerprint density at radius 2 is 1.28 bits per heavy atom. The van der Waals surface area contributed by atoms with Crippen molar-refractivity contribution in [3.63, 3.8) is 0 Å². The first kappa shape index (κ1) is 17.7. The van der Waals surface area contributed by atoms with Gasteiger partial charge < -0.3 is 4.57 Å². The third-order valence-electron chi connectivity index (χ3n) is 4.29. The van der Waals surface area contributed by atoms with Gasteiger partial charge in [0.2, 0.25) is 0 Å². The molecule has 3 rings (SSSR count). The molecule has 0 amide bonds. The first-order valence-electron chi connectivity index (χ1n) is 8.25. The van der Waals surface area contributed by atoms with Gasteiger partial charge in [0.1, 0.15) is 7.14 Å². The molecule has 3 aromatic carbocycles. The minimum absolute atomic E-state index is 0.118. The van der Waals surface area contributed by atoms with Crippen LogP contribution in [0.15, 0.2) is 91.0 Å². The van der Waals surface area contributed by atoms with Crippen LogP contribution in [0.3, 0.4) is 0 Å². The van der Waals surface area contributed by atoms with Crippen molar-refractivity contribution in [1.29, 1.82) is 0 Å². The Labute approximate surface area is 154 Å². The average molecular weight is 367 g/mol. The Morgan fingerprint density at radius 1 is 0.800 bits per heavy atom. The van der Waals surface area contributed by atoms with Crippen molar-refractivity contribution in [2.75, 3.05) is 0 Å². The summed E-state index contributed by atoms with van der Waals surface area (Å²) in [6.07, 6.45) is 4.05. The summed E-state index contributed by atoms with van der Waals surface area (Å²) in [7, 11) is -2.77. The fourth-order valence-corrected chi connectivity index (χ4v) is 5.79. The number of hydrogen-bond donors (Lipinski definition) is 0. The van der Waals surface area contributed by atoms with E-state index in [1.54, 1.807) is 0 Å². The van der Waals surface area contributed by atoms with Crippen molar-refractivity contribution < 1.29 is 4.57 Å². The van der Waals surface area contributed by atoms with E-state index in [0.717, 1.165) is 16.2 Å². The monoisotopic (exact) mass is 366 g/mol. The largest absolute Gasteiger partial charge is 0.313 e. The zero-order chi connectivity index (χ0) is 17.7. The SMILES string of the molecule is CC(/C=C/c1ccc(Cl)cc1)P(=O)(c1ccccc1)c1ccccc1. The molecule has 25 heavy (non-hydrogen) atoms. The zero-order valence-corrected chi connectivity index (χ0v) is 15.7. The van der Waals surface area contributed by atoms with Crippen LogP contribution in [-0.2, 0) is 4.57 Å². The smallest absolute Gasteiger partial charge is 0.149 e. The summed E-state index contributed by atoms with van der Waals surface area (Å²) < 4.78 is 14.1. The molecule has 3 aromatic rings. The molecule has 0 bridgehead atoms.